The molecule has 1 aromatic heterocycles. The van der Waals surface area contributed by atoms with E-state index in [1.165, 1.54) is 11.3 Å². The molecule has 5 nitrogen and oxygen atoms in total. The summed E-state index contributed by atoms with van der Waals surface area (Å²) in [5.41, 5.74) is 0.405. The molecule has 0 bridgehead atoms. The summed E-state index contributed by atoms with van der Waals surface area (Å²) in [6.45, 7) is 1.43. The summed E-state index contributed by atoms with van der Waals surface area (Å²) in [7, 11) is -3.42. The number of nitrogens with one attached hydrogen (secondary N) is 1. The lowest BCUT2D eigenvalue weighted by atomic mass is 10.2. The molecule has 1 aromatic carbocycles. The molecule has 0 aliphatic carbocycles. The fraction of sp³-hybridized carbons (Fsp3) is 0.353. The molecule has 0 spiro atoms. The highest BCUT2D eigenvalue weighted by Crippen LogP contribution is 2.27. The molecule has 0 radical (unpaired) electrons. The van der Waals surface area contributed by atoms with Crippen molar-refractivity contribution < 1.29 is 13.2 Å². The lowest BCUT2D eigenvalue weighted by Crippen LogP contribution is -2.35. The molecule has 25 heavy (non-hydrogen) atoms. The molecule has 2 heterocycles. The van der Waals surface area contributed by atoms with Crippen LogP contribution in [0.3, 0.4) is 0 Å². The van der Waals surface area contributed by atoms with Crippen LogP contribution in [0.15, 0.2) is 40.6 Å². The number of hydrogen-bond acceptors (Lipinski definition) is 4. The molecule has 0 atom stereocenters. The Labute approximate surface area is 156 Å². The Bertz CT molecular complexity index is 858. The summed E-state index contributed by atoms with van der Waals surface area (Å²) in [5.74, 6) is -0.278. The van der Waals surface area contributed by atoms with Crippen molar-refractivity contribution in [1.82, 2.24) is 9.62 Å². The Morgan fingerprint density at radius 1 is 1.12 bits per heavy atom. The number of thiophene rings is 1. The molecule has 2 aromatic rings. The number of carbonyl (C=O) groups excluding carboxylic acids is 1. The highest BCUT2D eigenvalue weighted by Gasteiger charge is 2.27. The van der Waals surface area contributed by atoms with E-state index in [1.54, 1.807) is 40.7 Å². The predicted molar refractivity (Wildman–Crippen MR) is 99.6 cm³/mol. The van der Waals surface area contributed by atoms with Crippen molar-refractivity contribution in [1.29, 1.82) is 0 Å². The van der Waals surface area contributed by atoms with Crippen molar-refractivity contribution in [2.24, 2.45) is 0 Å². The topological polar surface area (TPSA) is 66.5 Å². The quantitative estimate of drug-likeness (QED) is 0.838. The van der Waals surface area contributed by atoms with Gasteiger partial charge in [-0.15, -0.1) is 11.3 Å². The van der Waals surface area contributed by atoms with E-state index in [0.717, 1.165) is 24.1 Å². The molecule has 1 saturated heterocycles. The smallest absolute Gasteiger partial charge is 0.253 e. The van der Waals surface area contributed by atoms with Gasteiger partial charge in [-0.1, -0.05) is 30.2 Å². The van der Waals surface area contributed by atoms with Gasteiger partial charge in [0.25, 0.3) is 15.9 Å². The highest BCUT2D eigenvalue weighted by molar-refractivity contribution is 7.91. The van der Waals surface area contributed by atoms with Gasteiger partial charge in [0.15, 0.2) is 0 Å². The van der Waals surface area contributed by atoms with Gasteiger partial charge in [-0.25, -0.2) is 8.42 Å². The van der Waals surface area contributed by atoms with Gasteiger partial charge >= 0.3 is 0 Å². The van der Waals surface area contributed by atoms with E-state index in [9.17, 15) is 13.2 Å². The maximum atomic E-state index is 12.6. The first kappa shape index (κ1) is 18.4. The fourth-order valence-electron chi connectivity index (χ4n) is 2.73. The maximum Gasteiger partial charge on any atom is 0.253 e. The number of piperidine rings is 1. The molecule has 8 heteroatoms. The van der Waals surface area contributed by atoms with Crippen molar-refractivity contribution in [2.75, 3.05) is 13.1 Å². The summed E-state index contributed by atoms with van der Waals surface area (Å²) >= 11 is 7.21. The second-order valence-electron chi connectivity index (χ2n) is 5.85. The lowest BCUT2D eigenvalue weighted by Gasteiger charge is -2.25. The maximum absolute atomic E-state index is 12.6. The fourth-order valence-corrected chi connectivity index (χ4v) is 5.92. The van der Waals surface area contributed by atoms with Crippen LogP contribution in [0.5, 0.6) is 0 Å². The minimum Gasteiger partial charge on any atom is -0.347 e. The zero-order chi connectivity index (χ0) is 17.9. The number of carbonyl (C=O) groups is 1. The highest BCUT2D eigenvalue weighted by atomic mass is 35.5. The number of hydrogen-bond donors (Lipinski definition) is 1. The number of nitrogens with zero attached hydrogens (tertiary/aromatic N) is 1. The van der Waals surface area contributed by atoms with Crippen LogP contribution in [0.1, 0.15) is 34.5 Å². The summed E-state index contributed by atoms with van der Waals surface area (Å²) in [5, 5.41) is 3.17. The average Bonchev–Trinajstić information content (AvgIpc) is 3.11. The van der Waals surface area contributed by atoms with Crippen LogP contribution >= 0.6 is 22.9 Å². The summed E-state index contributed by atoms with van der Waals surface area (Å²) in [6, 6.07) is 10.2. The van der Waals surface area contributed by atoms with Crippen LogP contribution in [-0.4, -0.2) is 31.7 Å². The first-order valence-electron chi connectivity index (χ1n) is 8.10. The van der Waals surface area contributed by atoms with Crippen LogP contribution in [0.4, 0.5) is 0 Å². The molecule has 1 fully saturated rings. The third kappa shape index (κ3) is 4.23. The van der Waals surface area contributed by atoms with Crippen molar-refractivity contribution in [3.05, 3.63) is 51.9 Å². The van der Waals surface area contributed by atoms with Crippen molar-refractivity contribution in [2.45, 2.75) is 30.0 Å². The van der Waals surface area contributed by atoms with Gasteiger partial charge in [-0.2, -0.15) is 4.31 Å². The average molecular weight is 399 g/mol. The third-order valence-corrected chi connectivity index (χ3v) is 7.87. The molecule has 1 aliphatic heterocycles. The van der Waals surface area contributed by atoms with E-state index in [-0.39, 0.29) is 12.5 Å². The normalized spacial score (nSPS) is 15.9. The van der Waals surface area contributed by atoms with E-state index in [0.29, 0.717) is 27.9 Å². The van der Waals surface area contributed by atoms with Crippen molar-refractivity contribution in [3.63, 3.8) is 0 Å². The Morgan fingerprint density at radius 2 is 1.84 bits per heavy atom. The van der Waals surface area contributed by atoms with E-state index in [1.807, 2.05) is 0 Å². The molecule has 0 unspecified atom stereocenters. The molecule has 1 aliphatic rings. The first-order chi connectivity index (χ1) is 12.0. The van der Waals surface area contributed by atoms with Gasteiger partial charge in [0, 0.05) is 18.0 Å². The Balaban J connectivity index is 1.66. The Morgan fingerprint density at radius 3 is 2.56 bits per heavy atom. The van der Waals surface area contributed by atoms with Crippen LogP contribution < -0.4 is 5.32 Å². The summed E-state index contributed by atoms with van der Waals surface area (Å²) in [6.07, 6.45) is 2.90. The minimum absolute atomic E-state index is 0.268. The monoisotopic (exact) mass is 398 g/mol. The first-order valence-corrected chi connectivity index (χ1v) is 10.7. The van der Waals surface area contributed by atoms with E-state index >= 15 is 0 Å². The van der Waals surface area contributed by atoms with Gasteiger partial charge in [0.1, 0.15) is 4.21 Å². The zero-order valence-electron chi connectivity index (χ0n) is 13.6. The van der Waals surface area contributed by atoms with Crippen LogP contribution in [0.25, 0.3) is 0 Å². The molecule has 1 amide bonds. The standard InChI is InChI=1S/C17H19ClN2O3S2/c18-15-7-3-2-6-14(15)17(21)19-12-13-8-9-16(24-13)25(22,23)20-10-4-1-5-11-20/h2-3,6-9H,1,4-5,10-12H2,(H,19,21). The largest absolute Gasteiger partial charge is 0.347 e. The van der Waals surface area contributed by atoms with Crippen LogP contribution in [0, 0.1) is 0 Å². The molecular formula is C17H19ClN2O3S2. The summed E-state index contributed by atoms with van der Waals surface area (Å²) < 4.78 is 27.2. The van der Waals surface area contributed by atoms with Crippen LogP contribution in [-0.2, 0) is 16.6 Å². The predicted octanol–water partition coefficient (Wildman–Crippen LogP) is 3.51. The Hall–Kier alpha value is -1.41. The minimum atomic E-state index is -3.42. The van der Waals surface area contributed by atoms with Crippen molar-refractivity contribution in [3.8, 4) is 0 Å². The van der Waals surface area contributed by atoms with Gasteiger partial charge in [-0.05, 0) is 37.1 Å². The number of amides is 1. The second kappa shape index (κ2) is 7.86. The van der Waals surface area contributed by atoms with E-state index < -0.39 is 10.0 Å². The van der Waals surface area contributed by atoms with Crippen LogP contribution in [0.2, 0.25) is 5.02 Å². The third-order valence-electron chi connectivity index (χ3n) is 4.09. The zero-order valence-corrected chi connectivity index (χ0v) is 16.0. The SMILES string of the molecule is O=C(NCc1ccc(S(=O)(=O)N2CCCCC2)s1)c1ccccc1Cl. The Kier molecular flexibility index (Phi) is 5.78. The van der Waals surface area contributed by atoms with Crippen molar-refractivity contribution >= 4 is 38.9 Å². The van der Waals surface area contributed by atoms with E-state index in [4.69, 9.17) is 11.6 Å². The van der Waals surface area contributed by atoms with Gasteiger partial charge in [-0.3, -0.25) is 4.79 Å². The molecule has 0 saturated carbocycles. The lowest BCUT2D eigenvalue weighted by molar-refractivity contribution is 0.0951. The molecule has 134 valence electrons. The number of sulfonamides is 1. The molecule has 3 rings (SSSR count). The number of rotatable bonds is 5. The molecular weight excluding hydrogens is 380 g/mol. The van der Waals surface area contributed by atoms with Gasteiger partial charge in [0.2, 0.25) is 0 Å². The van der Waals surface area contributed by atoms with Gasteiger partial charge < -0.3 is 5.32 Å². The molecule has 1 N–H and O–H groups in total. The van der Waals surface area contributed by atoms with E-state index in [2.05, 4.69) is 5.32 Å². The second-order valence-corrected chi connectivity index (χ2v) is 9.59. The van der Waals surface area contributed by atoms with Gasteiger partial charge in [0.05, 0.1) is 17.1 Å². The summed E-state index contributed by atoms with van der Waals surface area (Å²) in [4.78, 5) is 13.0. The number of benzene rings is 1. The number of halogens is 1.